The van der Waals surface area contributed by atoms with Gasteiger partial charge in [-0.2, -0.15) is 0 Å². The van der Waals surface area contributed by atoms with Crippen molar-refractivity contribution < 1.29 is 33.3 Å². The highest BCUT2D eigenvalue weighted by Crippen LogP contribution is 2.32. The Morgan fingerprint density at radius 3 is 1.93 bits per heavy atom. The van der Waals surface area contributed by atoms with Gasteiger partial charge in [-0.15, -0.1) is 0 Å². The first-order chi connectivity index (χ1) is 19.5. The molecule has 204 valence electrons. The first-order valence-electron chi connectivity index (χ1n) is 12.1. The third-order valence-electron chi connectivity index (χ3n) is 5.96. The van der Waals surface area contributed by atoms with Crippen molar-refractivity contribution in [2.45, 2.75) is 30.6 Å². The van der Waals surface area contributed by atoms with Crippen LogP contribution in [0.5, 0.6) is 11.5 Å². The summed E-state index contributed by atoms with van der Waals surface area (Å²) in [4.78, 5) is 31.4. The molecule has 0 amide bonds. The van der Waals surface area contributed by atoms with Gasteiger partial charge in [0.25, 0.3) is 0 Å². The second kappa shape index (κ2) is 13.5. The Balaban J connectivity index is 1.66. The van der Waals surface area contributed by atoms with Gasteiger partial charge in [-0.3, -0.25) is 0 Å². The minimum absolute atomic E-state index is 0.216. The number of hydrogen-bond donors (Lipinski definition) is 0. The highest BCUT2D eigenvalue weighted by Gasteiger charge is 2.49. The van der Waals surface area contributed by atoms with E-state index in [-0.39, 0.29) is 12.2 Å². The third-order valence-corrected chi connectivity index (χ3v) is 5.96. The predicted octanol–water partition coefficient (Wildman–Crippen LogP) is 5.24. The minimum atomic E-state index is -1.34. The summed E-state index contributed by atoms with van der Waals surface area (Å²) in [6, 6.07) is 20.3. The number of carbonyl (C=O) groups excluding carboxylic acids is 2. The molecule has 3 aromatic rings. The van der Waals surface area contributed by atoms with Crippen LogP contribution in [0, 0.1) is 0 Å². The quantitative estimate of drug-likeness (QED) is 0.145. The van der Waals surface area contributed by atoms with Crippen molar-refractivity contribution in [1.82, 2.24) is 0 Å². The Morgan fingerprint density at radius 2 is 1.35 bits per heavy atom. The van der Waals surface area contributed by atoms with Gasteiger partial charge in [0, 0.05) is 9.82 Å². The van der Waals surface area contributed by atoms with E-state index in [9.17, 15) is 20.7 Å². The van der Waals surface area contributed by atoms with Crippen molar-refractivity contribution in [3.8, 4) is 11.5 Å². The number of benzene rings is 3. The number of rotatable bonds is 10. The number of ether oxygens (including phenoxy) is 5. The van der Waals surface area contributed by atoms with Crippen LogP contribution in [-0.2, 0) is 14.2 Å². The number of methoxy groups -OCH3 is 1. The first-order valence-corrected chi connectivity index (χ1v) is 12.1. The van der Waals surface area contributed by atoms with Crippen LogP contribution < -0.4 is 9.47 Å². The molecule has 0 aromatic heterocycles. The lowest BCUT2D eigenvalue weighted by Crippen LogP contribution is -2.60. The van der Waals surface area contributed by atoms with E-state index < -0.39 is 42.5 Å². The molecule has 3 aromatic carbocycles. The van der Waals surface area contributed by atoms with Gasteiger partial charge < -0.3 is 23.7 Å². The summed E-state index contributed by atoms with van der Waals surface area (Å²) in [5.74, 6) is -0.509. The lowest BCUT2D eigenvalue weighted by molar-refractivity contribution is -0.203. The number of carbonyl (C=O) groups is 2. The van der Waals surface area contributed by atoms with Crippen LogP contribution in [0.4, 0.5) is 0 Å². The van der Waals surface area contributed by atoms with Gasteiger partial charge in [-0.25, -0.2) is 9.59 Å². The Kier molecular flexibility index (Phi) is 9.41. The van der Waals surface area contributed by atoms with Gasteiger partial charge in [0.1, 0.15) is 42.4 Å². The summed E-state index contributed by atoms with van der Waals surface area (Å²) in [7, 11) is 1.51. The van der Waals surface area contributed by atoms with Gasteiger partial charge >= 0.3 is 11.9 Å². The Hall–Kier alpha value is -5.22. The van der Waals surface area contributed by atoms with Gasteiger partial charge in [0.05, 0.1) is 18.2 Å². The molecule has 0 aliphatic carbocycles. The summed E-state index contributed by atoms with van der Waals surface area (Å²) in [6.45, 7) is -0.387. The van der Waals surface area contributed by atoms with Gasteiger partial charge in [-0.05, 0) is 59.6 Å². The van der Waals surface area contributed by atoms with Crippen molar-refractivity contribution in [2.75, 3.05) is 13.7 Å². The zero-order valence-electron chi connectivity index (χ0n) is 21.2. The SMILES string of the molecule is COc1ccc(O[C@H]2O[C@H](COC(=O)c3ccccc3)[C@@H](N=[N+]=[N-])[C@H](OC(=O)c3ccccc3)[C@H]2N=[N+]=[N-])cc1. The molecule has 0 radical (unpaired) electrons. The molecule has 13 heteroatoms. The largest absolute Gasteiger partial charge is 0.497 e. The molecule has 0 spiro atoms. The van der Waals surface area contributed by atoms with Crippen LogP contribution in [0.1, 0.15) is 20.7 Å². The summed E-state index contributed by atoms with van der Waals surface area (Å²) in [5, 5.41) is 7.54. The van der Waals surface area contributed by atoms with E-state index in [0.717, 1.165) is 0 Å². The number of azide groups is 2. The normalized spacial score (nSPS) is 21.6. The molecular weight excluding hydrogens is 520 g/mol. The monoisotopic (exact) mass is 544 g/mol. The molecule has 1 heterocycles. The van der Waals surface area contributed by atoms with Crippen LogP contribution in [-0.4, -0.2) is 56.2 Å². The molecular formula is C27H24N6O7. The second-order valence-electron chi connectivity index (χ2n) is 8.43. The second-order valence-corrected chi connectivity index (χ2v) is 8.43. The van der Waals surface area contributed by atoms with E-state index in [4.69, 9.17) is 23.7 Å². The van der Waals surface area contributed by atoms with E-state index in [0.29, 0.717) is 17.1 Å². The average molecular weight is 545 g/mol. The fourth-order valence-corrected chi connectivity index (χ4v) is 4.03. The van der Waals surface area contributed by atoms with E-state index in [1.54, 1.807) is 72.8 Å². The predicted molar refractivity (Wildman–Crippen MR) is 141 cm³/mol. The molecule has 1 aliphatic rings. The smallest absolute Gasteiger partial charge is 0.338 e. The average Bonchev–Trinajstić information content (AvgIpc) is 3.00. The van der Waals surface area contributed by atoms with Crippen LogP contribution in [0.25, 0.3) is 20.9 Å². The number of esters is 2. The zero-order chi connectivity index (χ0) is 28.3. The maximum absolute atomic E-state index is 13.0. The molecule has 0 saturated carbocycles. The molecule has 1 saturated heterocycles. The molecule has 4 rings (SSSR count). The maximum atomic E-state index is 13.0. The van der Waals surface area contributed by atoms with Gasteiger partial charge in [-0.1, -0.05) is 46.6 Å². The summed E-state index contributed by atoms with van der Waals surface area (Å²) in [5.41, 5.74) is 19.2. The minimum Gasteiger partial charge on any atom is -0.497 e. The number of hydrogen-bond acceptors (Lipinski definition) is 9. The topological polar surface area (TPSA) is 178 Å². The zero-order valence-corrected chi connectivity index (χ0v) is 21.2. The highest BCUT2D eigenvalue weighted by atomic mass is 16.7. The maximum Gasteiger partial charge on any atom is 0.338 e. The van der Waals surface area contributed by atoms with Crippen molar-refractivity contribution >= 4 is 11.9 Å². The molecule has 0 bridgehead atoms. The van der Waals surface area contributed by atoms with Crippen molar-refractivity contribution in [1.29, 1.82) is 0 Å². The third kappa shape index (κ3) is 6.80. The summed E-state index contributed by atoms with van der Waals surface area (Å²) in [6.07, 6.45) is -3.79. The van der Waals surface area contributed by atoms with Crippen LogP contribution in [0.2, 0.25) is 0 Å². The lowest BCUT2D eigenvalue weighted by atomic mass is 9.95. The fraction of sp³-hybridized carbons (Fsp3) is 0.259. The van der Waals surface area contributed by atoms with Crippen molar-refractivity contribution in [3.63, 3.8) is 0 Å². The van der Waals surface area contributed by atoms with E-state index in [1.807, 2.05) is 0 Å². The van der Waals surface area contributed by atoms with Gasteiger partial charge in [0.15, 0.2) is 0 Å². The Labute approximate surface area is 228 Å². The van der Waals surface area contributed by atoms with Crippen LogP contribution in [0.3, 0.4) is 0 Å². The van der Waals surface area contributed by atoms with E-state index in [1.165, 1.54) is 19.2 Å². The molecule has 1 fully saturated rings. The molecule has 13 nitrogen and oxygen atoms in total. The molecule has 1 aliphatic heterocycles. The van der Waals surface area contributed by atoms with Crippen LogP contribution >= 0.6 is 0 Å². The molecule has 40 heavy (non-hydrogen) atoms. The van der Waals surface area contributed by atoms with Gasteiger partial charge in [0.2, 0.25) is 6.29 Å². The molecule has 0 N–H and O–H groups in total. The van der Waals surface area contributed by atoms with Crippen molar-refractivity contribution in [3.05, 3.63) is 117 Å². The highest BCUT2D eigenvalue weighted by molar-refractivity contribution is 5.90. The lowest BCUT2D eigenvalue weighted by Gasteiger charge is -2.42. The number of nitrogens with zero attached hydrogens (tertiary/aromatic N) is 6. The molecule has 5 atom stereocenters. The Bertz CT molecular complexity index is 1390. The summed E-state index contributed by atoms with van der Waals surface area (Å²) >= 11 is 0. The first kappa shape index (κ1) is 27.8. The van der Waals surface area contributed by atoms with E-state index in [2.05, 4.69) is 20.1 Å². The molecule has 0 unspecified atom stereocenters. The van der Waals surface area contributed by atoms with Crippen molar-refractivity contribution in [2.24, 2.45) is 10.2 Å². The van der Waals surface area contributed by atoms with Crippen LogP contribution in [0.15, 0.2) is 95.2 Å². The standard InChI is InChI=1S/C27H24N6O7/c1-36-19-12-14-20(15-13-19)38-27-23(31-33-29)24(40-26(35)18-10-6-3-7-11-18)22(30-32-28)21(39-27)16-37-25(34)17-8-4-2-5-9-17/h2-15,21-24,27H,16H2,1H3/t21-,22-,23-,24+,27+/m1/s1. The fourth-order valence-electron chi connectivity index (χ4n) is 4.03. The Morgan fingerprint density at radius 1 is 0.800 bits per heavy atom. The summed E-state index contributed by atoms with van der Waals surface area (Å²) < 4.78 is 28.4. The van der Waals surface area contributed by atoms with E-state index >= 15 is 0 Å².